The highest BCUT2D eigenvalue weighted by Gasteiger charge is 2.28. The van der Waals surface area contributed by atoms with Gasteiger partial charge in [0, 0.05) is 19.8 Å². The minimum atomic E-state index is 0.00435. The lowest BCUT2D eigenvalue weighted by Crippen LogP contribution is -2.35. The first-order valence-corrected chi connectivity index (χ1v) is 9.30. The van der Waals surface area contributed by atoms with Crippen LogP contribution in [0.1, 0.15) is 92.4 Å². The second kappa shape index (κ2) is 13.6. The van der Waals surface area contributed by atoms with E-state index >= 15 is 0 Å². The Morgan fingerprint density at radius 1 is 0.762 bits per heavy atom. The van der Waals surface area contributed by atoms with Crippen molar-refractivity contribution >= 4 is 0 Å². The van der Waals surface area contributed by atoms with Crippen molar-refractivity contribution in [3.63, 3.8) is 0 Å². The fraction of sp³-hybridized carbons (Fsp3) is 1.00. The Morgan fingerprint density at radius 3 is 2.00 bits per heavy atom. The van der Waals surface area contributed by atoms with Gasteiger partial charge in [0.2, 0.25) is 0 Å². The van der Waals surface area contributed by atoms with Gasteiger partial charge < -0.3 is 9.47 Å². The molecule has 2 heteroatoms. The highest BCUT2D eigenvalue weighted by molar-refractivity contribution is 4.79. The summed E-state index contributed by atoms with van der Waals surface area (Å²) in [5, 5.41) is 0. The molecule has 0 aromatic heterocycles. The molecule has 128 valence electrons. The second-order valence-electron chi connectivity index (χ2n) is 6.63. The fourth-order valence-electron chi connectivity index (χ4n) is 3.08. The van der Waals surface area contributed by atoms with Gasteiger partial charge in [0.05, 0.1) is 5.60 Å². The fourth-order valence-corrected chi connectivity index (χ4v) is 3.08. The van der Waals surface area contributed by atoms with E-state index in [-0.39, 0.29) is 5.60 Å². The highest BCUT2D eigenvalue weighted by atomic mass is 16.5. The number of unbranched alkanes of at least 4 members (excludes halogenated alkanes) is 5. The third-order valence-electron chi connectivity index (χ3n) is 4.45. The second-order valence-corrected chi connectivity index (χ2v) is 6.63. The number of hydrogen-bond donors (Lipinski definition) is 0. The van der Waals surface area contributed by atoms with Crippen LogP contribution in [0.2, 0.25) is 0 Å². The molecule has 0 rings (SSSR count). The van der Waals surface area contributed by atoms with E-state index < -0.39 is 0 Å². The molecule has 0 aromatic rings. The number of rotatable bonds is 15. The van der Waals surface area contributed by atoms with E-state index in [0.29, 0.717) is 5.92 Å². The van der Waals surface area contributed by atoms with Crippen molar-refractivity contribution in [2.45, 2.75) is 98.0 Å². The molecule has 21 heavy (non-hydrogen) atoms. The first kappa shape index (κ1) is 20.9. The lowest BCUT2D eigenvalue weighted by atomic mass is 9.82. The maximum Gasteiger partial charge on any atom is 0.0654 e. The van der Waals surface area contributed by atoms with Crippen LogP contribution in [0.5, 0.6) is 0 Å². The Labute approximate surface area is 134 Å². The molecular formula is C19H40O2. The summed E-state index contributed by atoms with van der Waals surface area (Å²) in [5.41, 5.74) is 0.00435. The van der Waals surface area contributed by atoms with E-state index in [4.69, 9.17) is 9.47 Å². The minimum Gasteiger partial charge on any atom is -0.382 e. The first-order valence-electron chi connectivity index (χ1n) is 9.30. The average Bonchev–Trinajstić information content (AvgIpc) is 2.44. The summed E-state index contributed by atoms with van der Waals surface area (Å²) in [7, 11) is 0. The molecule has 0 fully saturated rings. The van der Waals surface area contributed by atoms with Gasteiger partial charge in [-0.2, -0.15) is 0 Å². The molecule has 0 aliphatic carbocycles. The maximum absolute atomic E-state index is 6.00. The van der Waals surface area contributed by atoms with Crippen molar-refractivity contribution in [3.8, 4) is 0 Å². The van der Waals surface area contributed by atoms with E-state index in [1.807, 2.05) is 0 Å². The zero-order valence-electron chi connectivity index (χ0n) is 15.4. The normalized spacial score (nSPS) is 13.6. The molecule has 0 aliphatic heterocycles. The van der Waals surface area contributed by atoms with E-state index in [0.717, 1.165) is 26.2 Å². The van der Waals surface area contributed by atoms with Gasteiger partial charge in [0.15, 0.2) is 0 Å². The van der Waals surface area contributed by atoms with Crippen molar-refractivity contribution in [3.05, 3.63) is 0 Å². The van der Waals surface area contributed by atoms with Crippen molar-refractivity contribution in [1.82, 2.24) is 0 Å². The van der Waals surface area contributed by atoms with Gasteiger partial charge in [-0.15, -0.1) is 0 Å². The quantitative estimate of drug-likeness (QED) is 0.346. The standard InChI is InChI=1S/C19H40O2/c1-6-9-10-11-12-13-15-18(16-14-17-20-7-2)19(4,5)21-8-3/h18H,6-17H2,1-5H3. The summed E-state index contributed by atoms with van der Waals surface area (Å²) in [4.78, 5) is 0. The minimum absolute atomic E-state index is 0.00435. The van der Waals surface area contributed by atoms with Gasteiger partial charge in [0.25, 0.3) is 0 Å². The molecule has 0 heterocycles. The van der Waals surface area contributed by atoms with Crippen molar-refractivity contribution < 1.29 is 9.47 Å². The summed E-state index contributed by atoms with van der Waals surface area (Å²) in [6.07, 6.45) is 11.9. The molecule has 0 bridgehead atoms. The first-order chi connectivity index (χ1) is 10.1. The number of ether oxygens (including phenoxy) is 2. The Kier molecular flexibility index (Phi) is 13.5. The average molecular weight is 301 g/mol. The Hall–Kier alpha value is -0.0800. The van der Waals surface area contributed by atoms with E-state index in [2.05, 4.69) is 34.6 Å². The zero-order chi connectivity index (χ0) is 16.0. The molecule has 0 N–H and O–H groups in total. The van der Waals surface area contributed by atoms with Gasteiger partial charge in [0.1, 0.15) is 0 Å². The number of hydrogen-bond acceptors (Lipinski definition) is 2. The topological polar surface area (TPSA) is 18.5 Å². The molecule has 1 atom stereocenters. The monoisotopic (exact) mass is 300 g/mol. The summed E-state index contributed by atoms with van der Waals surface area (Å²) in [6.45, 7) is 13.5. The smallest absolute Gasteiger partial charge is 0.0654 e. The molecule has 0 saturated heterocycles. The molecule has 0 aromatic carbocycles. The van der Waals surface area contributed by atoms with E-state index in [1.54, 1.807) is 0 Å². The summed E-state index contributed by atoms with van der Waals surface area (Å²) < 4.78 is 11.5. The van der Waals surface area contributed by atoms with Crippen LogP contribution in [0.15, 0.2) is 0 Å². The Bertz CT molecular complexity index is 214. The van der Waals surface area contributed by atoms with Gasteiger partial charge in [-0.05, 0) is 52.9 Å². The molecular weight excluding hydrogens is 260 g/mol. The summed E-state index contributed by atoms with van der Waals surface area (Å²) in [5.74, 6) is 0.657. The predicted octanol–water partition coefficient (Wildman–Crippen LogP) is 5.99. The van der Waals surface area contributed by atoms with Crippen LogP contribution in [0.3, 0.4) is 0 Å². The van der Waals surface area contributed by atoms with Crippen molar-refractivity contribution in [2.24, 2.45) is 5.92 Å². The van der Waals surface area contributed by atoms with Crippen LogP contribution in [0, 0.1) is 5.92 Å². The third kappa shape index (κ3) is 11.2. The van der Waals surface area contributed by atoms with Gasteiger partial charge in [-0.3, -0.25) is 0 Å². The SMILES string of the molecule is CCCCCCCCC(CCCOCC)C(C)(C)OCC. The van der Waals surface area contributed by atoms with Gasteiger partial charge in [-0.25, -0.2) is 0 Å². The highest BCUT2D eigenvalue weighted by Crippen LogP contribution is 2.30. The van der Waals surface area contributed by atoms with Crippen molar-refractivity contribution in [2.75, 3.05) is 19.8 Å². The largest absolute Gasteiger partial charge is 0.382 e. The molecule has 1 unspecified atom stereocenters. The maximum atomic E-state index is 6.00. The molecule has 0 spiro atoms. The Balaban J connectivity index is 4.06. The van der Waals surface area contributed by atoms with Crippen LogP contribution in [0.4, 0.5) is 0 Å². The van der Waals surface area contributed by atoms with E-state index in [1.165, 1.54) is 51.4 Å². The zero-order valence-corrected chi connectivity index (χ0v) is 15.4. The van der Waals surface area contributed by atoms with Crippen LogP contribution in [-0.2, 0) is 9.47 Å². The third-order valence-corrected chi connectivity index (χ3v) is 4.45. The van der Waals surface area contributed by atoms with E-state index in [9.17, 15) is 0 Å². The predicted molar refractivity (Wildman–Crippen MR) is 92.9 cm³/mol. The summed E-state index contributed by atoms with van der Waals surface area (Å²) >= 11 is 0. The van der Waals surface area contributed by atoms with Crippen LogP contribution >= 0.6 is 0 Å². The summed E-state index contributed by atoms with van der Waals surface area (Å²) in [6, 6.07) is 0. The molecule has 0 amide bonds. The van der Waals surface area contributed by atoms with Crippen LogP contribution in [0.25, 0.3) is 0 Å². The van der Waals surface area contributed by atoms with Crippen molar-refractivity contribution in [1.29, 1.82) is 0 Å². The Morgan fingerprint density at radius 2 is 1.38 bits per heavy atom. The lowest BCUT2D eigenvalue weighted by Gasteiger charge is -2.34. The van der Waals surface area contributed by atoms with Gasteiger partial charge in [-0.1, -0.05) is 45.4 Å². The molecule has 0 aliphatic rings. The van der Waals surface area contributed by atoms with Gasteiger partial charge >= 0.3 is 0 Å². The molecule has 2 nitrogen and oxygen atoms in total. The van der Waals surface area contributed by atoms with Crippen LogP contribution < -0.4 is 0 Å². The molecule has 0 saturated carbocycles. The molecule has 0 radical (unpaired) electrons. The lowest BCUT2D eigenvalue weighted by molar-refractivity contribution is -0.0617. The van der Waals surface area contributed by atoms with Crippen LogP contribution in [-0.4, -0.2) is 25.4 Å².